The third-order valence-corrected chi connectivity index (χ3v) is 7.34. The number of hydrogen-bond donors (Lipinski definition) is 2. The molecule has 3 N–H and O–H groups in total. The molecule has 1 aliphatic rings. The summed E-state index contributed by atoms with van der Waals surface area (Å²) >= 11 is 0. The Labute approximate surface area is 203 Å². The molecule has 0 aromatic heterocycles. The van der Waals surface area contributed by atoms with E-state index in [1.54, 1.807) is 0 Å². The number of likely N-dealkylation sites (tertiary alicyclic amines) is 1. The third-order valence-electron chi connectivity index (χ3n) is 7.34. The average molecular weight is 457 g/mol. The van der Waals surface area contributed by atoms with Crippen LogP contribution in [0.1, 0.15) is 41.5 Å². The Bertz CT molecular complexity index is 995. The Morgan fingerprint density at radius 3 is 1.94 bits per heavy atom. The molecule has 1 aliphatic heterocycles. The Kier molecular flexibility index (Phi) is 8.15. The van der Waals surface area contributed by atoms with Gasteiger partial charge in [-0.15, -0.1) is 0 Å². The third kappa shape index (κ3) is 5.24. The van der Waals surface area contributed by atoms with Gasteiger partial charge in [0.25, 0.3) is 0 Å². The topological polar surface area (TPSA) is 66.6 Å². The zero-order valence-corrected chi connectivity index (χ0v) is 19.9. The number of aliphatic hydroxyl groups excluding tert-OH is 1. The number of primary amides is 1. The summed E-state index contributed by atoms with van der Waals surface area (Å²) in [6, 6.07) is 28.8. The molecule has 3 aromatic rings. The van der Waals surface area contributed by atoms with Crippen molar-refractivity contribution in [1.29, 1.82) is 0 Å². The normalized spacial score (nSPS) is 16.6. The van der Waals surface area contributed by atoms with Crippen molar-refractivity contribution in [2.75, 3.05) is 26.2 Å². The number of aliphatic hydroxyl groups is 1. The summed E-state index contributed by atoms with van der Waals surface area (Å²) in [5.74, 6) is -0.115. The summed E-state index contributed by atoms with van der Waals surface area (Å²) < 4.78 is 0. The quantitative estimate of drug-likeness (QED) is 0.422. The predicted molar refractivity (Wildman–Crippen MR) is 138 cm³/mol. The van der Waals surface area contributed by atoms with Gasteiger partial charge in [0.15, 0.2) is 0 Å². The van der Waals surface area contributed by atoms with Gasteiger partial charge < -0.3 is 15.7 Å². The summed E-state index contributed by atoms with van der Waals surface area (Å²) in [5.41, 5.74) is 9.91. The lowest BCUT2D eigenvalue weighted by Gasteiger charge is -2.37. The van der Waals surface area contributed by atoms with E-state index in [0.29, 0.717) is 0 Å². The number of unbranched alkanes of at least 4 members (excludes halogenated alkanes) is 1. The van der Waals surface area contributed by atoms with Gasteiger partial charge in [-0.1, -0.05) is 84.9 Å². The molecule has 1 fully saturated rings. The Morgan fingerprint density at radius 1 is 0.853 bits per heavy atom. The van der Waals surface area contributed by atoms with Crippen LogP contribution in [0.15, 0.2) is 84.9 Å². The number of amides is 1. The van der Waals surface area contributed by atoms with E-state index in [4.69, 9.17) is 10.8 Å². The highest BCUT2D eigenvalue weighted by atomic mass is 16.3. The van der Waals surface area contributed by atoms with E-state index in [0.717, 1.165) is 62.9 Å². The zero-order chi connectivity index (χ0) is 23.8. The molecule has 0 bridgehead atoms. The highest BCUT2D eigenvalue weighted by Gasteiger charge is 2.49. The molecule has 3 aromatic carbocycles. The minimum absolute atomic E-state index is 0.147. The van der Waals surface area contributed by atoms with Crippen molar-refractivity contribution in [1.82, 2.24) is 4.90 Å². The lowest BCUT2D eigenvalue weighted by Crippen LogP contribution is -2.49. The number of aryl methyl sites for hydroxylation is 1. The minimum atomic E-state index is -0.812. The maximum Gasteiger partial charge on any atom is 0.232 e. The maximum atomic E-state index is 13.2. The van der Waals surface area contributed by atoms with Crippen molar-refractivity contribution in [3.8, 4) is 0 Å². The van der Waals surface area contributed by atoms with Crippen LogP contribution >= 0.6 is 0 Å². The lowest BCUT2D eigenvalue weighted by atomic mass is 9.64. The summed E-state index contributed by atoms with van der Waals surface area (Å²) in [6.07, 6.45) is 5.01. The van der Waals surface area contributed by atoms with Crippen molar-refractivity contribution < 1.29 is 9.90 Å². The van der Waals surface area contributed by atoms with E-state index in [-0.39, 0.29) is 18.4 Å². The molecule has 1 heterocycles. The Hall–Kier alpha value is -2.95. The van der Waals surface area contributed by atoms with Gasteiger partial charge in [0, 0.05) is 13.2 Å². The van der Waals surface area contributed by atoms with Crippen LogP contribution in [0.2, 0.25) is 0 Å². The first-order valence-corrected chi connectivity index (χ1v) is 12.5. The van der Waals surface area contributed by atoms with E-state index < -0.39 is 5.41 Å². The zero-order valence-electron chi connectivity index (χ0n) is 19.9. The van der Waals surface area contributed by atoms with Crippen LogP contribution in [0.5, 0.6) is 0 Å². The van der Waals surface area contributed by atoms with Crippen LogP contribution in [0.25, 0.3) is 0 Å². The molecule has 1 atom stereocenters. The number of benzene rings is 3. The number of rotatable bonds is 11. The van der Waals surface area contributed by atoms with Crippen LogP contribution in [-0.2, 0) is 23.1 Å². The standard InChI is InChI=1S/C30H36N2O2/c31-29(34)30(26-10-3-1-4-11-26,27-12-5-2-6-13-27)28-18-21-32(23-28)20-8-7-9-24-14-16-25(17-15-24)19-22-33/h1-6,10-17,28,33H,7-9,18-23H2,(H2,31,34). The van der Waals surface area contributed by atoms with Crippen molar-refractivity contribution in [2.24, 2.45) is 11.7 Å². The number of carbonyl (C=O) groups excluding carboxylic acids is 1. The number of hydrogen-bond acceptors (Lipinski definition) is 3. The van der Waals surface area contributed by atoms with Crippen LogP contribution in [-0.4, -0.2) is 42.2 Å². The van der Waals surface area contributed by atoms with Gasteiger partial charge in [-0.25, -0.2) is 0 Å². The minimum Gasteiger partial charge on any atom is -0.396 e. The average Bonchev–Trinajstić information content (AvgIpc) is 3.34. The monoisotopic (exact) mass is 456 g/mol. The molecule has 4 rings (SSSR count). The van der Waals surface area contributed by atoms with Gasteiger partial charge in [-0.2, -0.15) is 0 Å². The summed E-state index contributed by atoms with van der Waals surface area (Å²) in [7, 11) is 0. The van der Waals surface area contributed by atoms with Crippen LogP contribution in [0.4, 0.5) is 0 Å². The summed E-state index contributed by atoms with van der Waals surface area (Å²) in [5, 5.41) is 9.06. The fourth-order valence-electron chi connectivity index (χ4n) is 5.58. The Morgan fingerprint density at radius 2 is 1.41 bits per heavy atom. The lowest BCUT2D eigenvalue weighted by molar-refractivity contribution is -0.123. The van der Waals surface area contributed by atoms with Crippen molar-refractivity contribution in [3.05, 3.63) is 107 Å². The molecule has 1 amide bonds. The molecule has 1 saturated heterocycles. The SMILES string of the molecule is NC(=O)C(c1ccccc1)(c1ccccc1)C1CCN(CCCCc2ccc(CCO)cc2)C1. The second-order valence-corrected chi connectivity index (χ2v) is 9.44. The first kappa shape index (κ1) is 24.2. The first-order chi connectivity index (χ1) is 16.6. The van der Waals surface area contributed by atoms with Crippen LogP contribution in [0.3, 0.4) is 0 Å². The summed E-state index contributed by atoms with van der Waals surface area (Å²) in [4.78, 5) is 15.7. The first-order valence-electron chi connectivity index (χ1n) is 12.5. The van der Waals surface area contributed by atoms with E-state index in [9.17, 15) is 4.79 Å². The molecule has 4 heteroatoms. The summed E-state index contributed by atoms with van der Waals surface area (Å²) in [6.45, 7) is 3.11. The van der Waals surface area contributed by atoms with Gasteiger partial charge in [0.05, 0.1) is 0 Å². The van der Waals surface area contributed by atoms with Crippen molar-refractivity contribution >= 4 is 5.91 Å². The van der Waals surface area contributed by atoms with E-state index in [1.165, 1.54) is 11.1 Å². The molecule has 34 heavy (non-hydrogen) atoms. The molecule has 0 spiro atoms. The van der Waals surface area contributed by atoms with Gasteiger partial charge >= 0.3 is 0 Å². The van der Waals surface area contributed by atoms with Gasteiger partial charge in [0.2, 0.25) is 5.91 Å². The highest BCUT2D eigenvalue weighted by molar-refractivity contribution is 5.91. The fourth-order valence-corrected chi connectivity index (χ4v) is 5.58. The molecular formula is C30H36N2O2. The predicted octanol–water partition coefficient (Wildman–Crippen LogP) is 4.34. The van der Waals surface area contributed by atoms with Crippen LogP contribution in [0, 0.1) is 5.92 Å². The van der Waals surface area contributed by atoms with E-state index >= 15 is 0 Å². The number of carbonyl (C=O) groups is 1. The van der Waals surface area contributed by atoms with E-state index in [2.05, 4.69) is 29.2 Å². The molecule has 178 valence electrons. The number of nitrogens with zero attached hydrogens (tertiary/aromatic N) is 1. The largest absolute Gasteiger partial charge is 0.396 e. The smallest absolute Gasteiger partial charge is 0.232 e. The number of nitrogens with two attached hydrogens (primary N) is 1. The van der Waals surface area contributed by atoms with Crippen molar-refractivity contribution in [2.45, 2.75) is 37.5 Å². The second-order valence-electron chi connectivity index (χ2n) is 9.44. The van der Waals surface area contributed by atoms with Gasteiger partial charge in [-0.05, 0) is 73.4 Å². The maximum absolute atomic E-state index is 13.2. The van der Waals surface area contributed by atoms with Gasteiger partial charge in [0.1, 0.15) is 5.41 Å². The highest BCUT2D eigenvalue weighted by Crippen LogP contribution is 2.43. The molecule has 0 radical (unpaired) electrons. The molecule has 0 saturated carbocycles. The second kappa shape index (κ2) is 11.5. The van der Waals surface area contributed by atoms with Gasteiger partial charge in [-0.3, -0.25) is 4.79 Å². The fraction of sp³-hybridized carbons (Fsp3) is 0.367. The van der Waals surface area contributed by atoms with Crippen molar-refractivity contribution in [3.63, 3.8) is 0 Å². The molecule has 1 unspecified atom stereocenters. The Balaban J connectivity index is 1.41. The van der Waals surface area contributed by atoms with E-state index in [1.807, 2.05) is 60.7 Å². The van der Waals surface area contributed by atoms with Crippen LogP contribution < -0.4 is 5.73 Å². The molecule has 4 nitrogen and oxygen atoms in total. The molecular weight excluding hydrogens is 420 g/mol. The molecule has 0 aliphatic carbocycles.